The first kappa shape index (κ1) is 13.4. The third kappa shape index (κ3) is 2.37. The molecule has 0 saturated heterocycles. The number of nitrogens with zero attached hydrogens (tertiary/aromatic N) is 2. The number of nitrogens with one attached hydrogen (secondary N) is 1. The molecule has 5 nitrogen and oxygen atoms in total. The van der Waals surface area contributed by atoms with Gasteiger partial charge < -0.3 is 4.74 Å². The van der Waals surface area contributed by atoms with Gasteiger partial charge in [0.1, 0.15) is 0 Å². The fraction of sp³-hybridized carbons (Fsp3) is 0.769. The van der Waals surface area contributed by atoms with Crippen LogP contribution in [0.1, 0.15) is 57.3 Å². The quantitative estimate of drug-likeness (QED) is 0.622. The van der Waals surface area contributed by atoms with Gasteiger partial charge in [0.25, 0.3) is 0 Å². The molecule has 18 heavy (non-hydrogen) atoms. The number of ether oxygens (including phenoxy) is 1. The molecule has 2 rings (SSSR count). The van der Waals surface area contributed by atoms with Gasteiger partial charge in [-0.05, 0) is 32.6 Å². The lowest BCUT2D eigenvalue weighted by molar-refractivity contribution is 0.323. The van der Waals surface area contributed by atoms with Gasteiger partial charge in [0, 0.05) is 6.04 Å². The number of rotatable bonds is 5. The molecule has 1 saturated carbocycles. The summed E-state index contributed by atoms with van der Waals surface area (Å²) in [5.74, 6) is 7.20. The highest BCUT2D eigenvalue weighted by Gasteiger charge is 2.31. The molecule has 1 atom stereocenters. The van der Waals surface area contributed by atoms with Crippen molar-refractivity contribution in [1.29, 1.82) is 0 Å². The summed E-state index contributed by atoms with van der Waals surface area (Å²) >= 11 is 0. The average Bonchev–Trinajstić information content (AvgIpc) is 2.99. The topological polar surface area (TPSA) is 65.1 Å². The Balaban J connectivity index is 2.35. The van der Waals surface area contributed by atoms with Crippen molar-refractivity contribution < 1.29 is 4.74 Å². The number of nitrogens with two attached hydrogens (primary N) is 1. The maximum absolute atomic E-state index is 5.79. The minimum Gasteiger partial charge on any atom is -0.493 e. The minimum absolute atomic E-state index is 0.132. The first-order chi connectivity index (χ1) is 8.69. The lowest BCUT2D eigenvalue weighted by Gasteiger charge is -2.25. The second-order valence-electron chi connectivity index (χ2n) is 5.33. The van der Waals surface area contributed by atoms with Crippen molar-refractivity contribution in [2.45, 2.75) is 51.6 Å². The van der Waals surface area contributed by atoms with Gasteiger partial charge in [-0.2, -0.15) is 5.10 Å². The standard InChI is InChI=1S/C13H24N4O/c1-9(2)17-13(11(18-3)8-15-17)12(16-14)10-6-4-5-7-10/h8-10,12,16H,4-7,14H2,1-3H3. The van der Waals surface area contributed by atoms with Crippen molar-refractivity contribution >= 4 is 0 Å². The maximum atomic E-state index is 5.79. The molecule has 102 valence electrons. The molecule has 5 heteroatoms. The molecule has 0 amide bonds. The summed E-state index contributed by atoms with van der Waals surface area (Å²) in [6.45, 7) is 4.25. The zero-order valence-electron chi connectivity index (χ0n) is 11.5. The molecule has 3 N–H and O–H groups in total. The zero-order valence-corrected chi connectivity index (χ0v) is 11.5. The molecule has 0 aromatic carbocycles. The fourth-order valence-corrected chi connectivity index (χ4v) is 2.95. The van der Waals surface area contributed by atoms with E-state index in [9.17, 15) is 0 Å². The Labute approximate surface area is 109 Å². The van der Waals surface area contributed by atoms with Crippen LogP contribution < -0.4 is 16.0 Å². The van der Waals surface area contributed by atoms with Crippen LogP contribution in [0.5, 0.6) is 5.75 Å². The van der Waals surface area contributed by atoms with E-state index < -0.39 is 0 Å². The van der Waals surface area contributed by atoms with Crippen LogP contribution in [-0.4, -0.2) is 16.9 Å². The third-order valence-corrected chi connectivity index (χ3v) is 3.85. The van der Waals surface area contributed by atoms with Gasteiger partial charge in [-0.25, -0.2) is 0 Å². The molecule has 0 radical (unpaired) electrons. The van der Waals surface area contributed by atoms with Crippen molar-refractivity contribution in [2.24, 2.45) is 11.8 Å². The van der Waals surface area contributed by atoms with Crippen LogP contribution in [0.3, 0.4) is 0 Å². The molecule has 0 aliphatic heterocycles. The van der Waals surface area contributed by atoms with Crippen molar-refractivity contribution in [1.82, 2.24) is 15.2 Å². The molecule has 1 aromatic rings. The molecule has 1 aliphatic rings. The summed E-state index contributed by atoms with van der Waals surface area (Å²) in [5, 5.41) is 4.42. The van der Waals surface area contributed by atoms with Crippen molar-refractivity contribution in [3.8, 4) is 5.75 Å². The SMILES string of the molecule is COc1cnn(C(C)C)c1C(NN)C1CCCC1. The number of hydrogen-bond acceptors (Lipinski definition) is 4. The third-order valence-electron chi connectivity index (χ3n) is 3.85. The molecular weight excluding hydrogens is 228 g/mol. The van der Waals surface area contributed by atoms with Crippen molar-refractivity contribution in [3.05, 3.63) is 11.9 Å². The Bertz CT molecular complexity index is 382. The van der Waals surface area contributed by atoms with E-state index in [0.717, 1.165) is 11.4 Å². The summed E-state index contributed by atoms with van der Waals surface area (Å²) in [6.07, 6.45) is 6.82. The molecule has 0 bridgehead atoms. The van der Waals surface area contributed by atoms with Gasteiger partial charge in [-0.1, -0.05) is 12.8 Å². The summed E-state index contributed by atoms with van der Waals surface area (Å²) in [4.78, 5) is 0. The summed E-state index contributed by atoms with van der Waals surface area (Å²) in [5.41, 5.74) is 4.06. The monoisotopic (exact) mass is 252 g/mol. The molecular formula is C13H24N4O. The summed E-state index contributed by atoms with van der Waals surface area (Å²) in [6, 6.07) is 0.438. The number of hydrazine groups is 1. The summed E-state index contributed by atoms with van der Waals surface area (Å²) < 4.78 is 7.46. The largest absolute Gasteiger partial charge is 0.493 e. The van der Waals surface area contributed by atoms with Crippen LogP contribution in [0.2, 0.25) is 0 Å². The normalized spacial score (nSPS) is 18.5. The van der Waals surface area contributed by atoms with Gasteiger partial charge in [-0.15, -0.1) is 0 Å². The van der Waals surface area contributed by atoms with E-state index in [1.807, 2.05) is 4.68 Å². The van der Waals surface area contributed by atoms with Crippen molar-refractivity contribution in [3.63, 3.8) is 0 Å². The molecule has 1 heterocycles. The second-order valence-corrected chi connectivity index (χ2v) is 5.33. The number of methoxy groups -OCH3 is 1. The zero-order chi connectivity index (χ0) is 13.1. The lowest BCUT2D eigenvalue weighted by Crippen LogP contribution is -2.35. The Hall–Kier alpha value is -1.07. The molecule has 1 aliphatic carbocycles. The van der Waals surface area contributed by atoms with Crippen LogP contribution in [0.15, 0.2) is 6.20 Å². The van der Waals surface area contributed by atoms with Gasteiger partial charge in [0.05, 0.1) is 25.0 Å². The molecule has 1 unspecified atom stereocenters. The molecule has 1 fully saturated rings. The van der Waals surface area contributed by atoms with Crippen LogP contribution in [0.25, 0.3) is 0 Å². The first-order valence-electron chi connectivity index (χ1n) is 6.76. The van der Waals surface area contributed by atoms with E-state index in [-0.39, 0.29) is 6.04 Å². The van der Waals surface area contributed by atoms with Crippen LogP contribution >= 0.6 is 0 Å². The van der Waals surface area contributed by atoms with Gasteiger partial charge in [-0.3, -0.25) is 16.0 Å². The van der Waals surface area contributed by atoms with Crippen molar-refractivity contribution in [2.75, 3.05) is 7.11 Å². The Morgan fingerprint density at radius 1 is 1.44 bits per heavy atom. The van der Waals surface area contributed by atoms with Crippen LogP contribution in [0.4, 0.5) is 0 Å². The van der Waals surface area contributed by atoms with E-state index >= 15 is 0 Å². The second kappa shape index (κ2) is 5.71. The lowest BCUT2D eigenvalue weighted by atomic mass is 9.95. The highest BCUT2D eigenvalue weighted by atomic mass is 16.5. The highest BCUT2D eigenvalue weighted by Crippen LogP contribution is 2.39. The Kier molecular flexibility index (Phi) is 4.24. The predicted octanol–water partition coefficient (Wildman–Crippen LogP) is 2.17. The molecule has 1 aromatic heterocycles. The maximum Gasteiger partial charge on any atom is 0.161 e. The van der Waals surface area contributed by atoms with E-state index in [0.29, 0.717) is 12.0 Å². The van der Waals surface area contributed by atoms with E-state index in [4.69, 9.17) is 10.6 Å². The number of hydrogen-bond donors (Lipinski definition) is 2. The average molecular weight is 252 g/mol. The van der Waals surface area contributed by atoms with Gasteiger partial charge in [0.15, 0.2) is 5.75 Å². The Morgan fingerprint density at radius 2 is 2.11 bits per heavy atom. The fourth-order valence-electron chi connectivity index (χ4n) is 2.95. The molecule has 0 spiro atoms. The smallest absolute Gasteiger partial charge is 0.161 e. The highest BCUT2D eigenvalue weighted by molar-refractivity contribution is 5.29. The van der Waals surface area contributed by atoms with Crippen LogP contribution in [-0.2, 0) is 0 Å². The van der Waals surface area contributed by atoms with Gasteiger partial charge >= 0.3 is 0 Å². The minimum atomic E-state index is 0.132. The first-order valence-corrected chi connectivity index (χ1v) is 6.76. The van der Waals surface area contributed by atoms with Gasteiger partial charge in [0.2, 0.25) is 0 Å². The number of aromatic nitrogens is 2. The predicted molar refractivity (Wildman–Crippen MR) is 71.2 cm³/mol. The Morgan fingerprint density at radius 3 is 2.61 bits per heavy atom. The van der Waals surface area contributed by atoms with E-state index in [2.05, 4.69) is 24.4 Å². The van der Waals surface area contributed by atoms with E-state index in [1.165, 1.54) is 25.7 Å². The van der Waals surface area contributed by atoms with Crippen LogP contribution in [0, 0.1) is 5.92 Å². The summed E-state index contributed by atoms with van der Waals surface area (Å²) in [7, 11) is 1.69. The van der Waals surface area contributed by atoms with E-state index in [1.54, 1.807) is 13.3 Å².